The van der Waals surface area contributed by atoms with E-state index >= 15 is 0 Å². The van der Waals surface area contributed by atoms with Crippen LogP contribution < -0.4 is 5.11 Å². The molecular weight excluding hydrogens is 280 g/mol. The Labute approximate surface area is 134 Å². The molecule has 0 aromatic carbocycles. The summed E-state index contributed by atoms with van der Waals surface area (Å²) in [5, 5.41) is 19.1. The summed E-state index contributed by atoms with van der Waals surface area (Å²) in [6.45, 7) is 2.10. The lowest BCUT2D eigenvalue weighted by Gasteiger charge is -2.08. The van der Waals surface area contributed by atoms with Gasteiger partial charge in [-0.1, -0.05) is 69.1 Å². The minimum atomic E-state index is -0.975. The first-order chi connectivity index (χ1) is 10.7. The number of carboxylic acid groups (broad SMARTS) is 1. The van der Waals surface area contributed by atoms with E-state index in [2.05, 4.69) is 30.0 Å². The fraction of sp³-hybridized carbons (Fsp3) is 0.611. The second-order valence-electron chi connectivity index (χ2n) is 5.25. The minimum absolute atomic E-state index is 0.144. The number of allylic oxidation sites excluding steroid dienone is 5. The van der Waals surface area contributed by atoms with Crippen molar-refractivity contribution in [2.24, 2.45) is 0 Å². The van der Waals surface area contributed by atoms with E-state index in [4.69, 9.17) is 5.26 Å². The van der Waals surface area contributed by atoms with Gasteiger partial charge in [-0.15, -0.1) is 0 Å². The summed E-state index contributed by atoms with van der Waals surface area (Å²) in [6.07, 6.45) is 19.1. The van der Waals surface area contributed by atoms with Crippen LogP contribution in [0.2, 0.25) is 0 Å². The smallest absolute Gasteiger partial charge is 0.111 e. The summed E-state index contributed by atoms with van der Waals surface area (Å²) in [5.41, 5.74) is 0. The highest BCUT2D eigenvalue weighted by molar-refractivity contribution is 5.63. The molecule has 0 aromatic rings. The molecule has 0 fully saturated rings. The van der Waals surface area contributed by atoms with E-state index in [-0.39, 0.29) is 12.5 Å². The van der Waals surface area contributed by atoms with Crippen LogP contribution >= 0.6 is 0 Å². The molecule has 0 heterocycles. The molecule has 1 N–H and O–H groups in total. The van der Waals surface area contributed by atoms with Crippen LogP contribution in [0.4, 0.5) is 0 Å². The maximum absolute atomic E-state index is 10.2. The van der Waals surface area contributed by atoms with Gasteiger partial charge in [-0.05, 0) is 32.1 Å². The van der Waals surface area contributed by atoms with Gasteiger partial charge in [-0.3, -0.25) is 5.26 Å². The van der Waals surface area contributed by atoms with Crippen LogP contribution in [0.5, 0.6) is 0 Å². The third kappa shape index (κ3) is 15.0. The molecule has 1 atom stereocenters. The summed E-state index contributed by atoms with van der Waals surface area (Å²) in [7, 11) is 0. The Morgan fingerprint density at radius 3 is 2.50 bits per heavy atom. The van der Waals surface area contributed by atoms with Crippen molar-refractivity contribution in [2.45, 2.75) is 70.8 Å². The van der Waals surface area contributed by atoms with Gasteiger partial charge in [-0.2, -0.15) is 0 Å². The van der Waals surface area contributed by atoms with Gasteiger partial charge in [0.2, 0.25) is 0 Å². The molecule has 4 heteroatoms. The summed E-state index contributed by atoms with van der Waals surface area (Å²) >= 11 is 0. The number of hydrogen-bond acceptors (Lipinski definition) is 4. The fourth-order valence-electron chi connectivity index (χ4n) is 2.02. The average molecular weight is 309 g/mol. The molecule has 0 bridgehead atoms. The van der Waals surface area contributed by atoms with Crippen molar-refractivity contribution >= 4 is 5.97 Å². The standard InChI is InChI=1S/C18H30O4/c1-2-3-4-5-6-8-11-14-17(22-21)15-12-9-7-10-13-16-18(19)20/h3-4,6,8,11,14,17,21H,2,5,7,9-10,12-13,15-16H2,1H3,(H,19,20)/p-1/b4-3-,8-6-,14-11+/t17-/m0/s1. The third-order valence-corrected chi connectivity index (χ3v) is 3.25. The molecule has 0 aromatic heterocycles. The van der Waals surface area contributed by atoms with E-state index in [9.17, 15) is 9.90 Å². The summed E-state index contributed by atoms with van der Waals surface area (Å²) in [6, 6.07) is 0. The molecule has 4 nitrogen and oxygen atoms in total. The molecule has 0 radical (unpaired) electrons. The Bertz CT molecular complexity index is 345. The lowest BCUT2D eigenvalue weighted by molar-refractivity contribution is -0.305. The zero-order valence-electron chi connectivity index (χ0n) is 13.6. The van der Waals surface area contributed by atoms with Crippen LogP contribution in [-0.2, 0) is 9.68 Å². The molecule has 0 saturated carbocycles. The van der Waals surface area contributed by atoms with Crippen molar-refractivity contribution in [2.75, 3.05) is 0 Å². The largest absolute Gasteiger partial charge is 0.550 e. The van der Waals surface area contributed by atoms with Gasteiger partial charge in [0.25, 0.3) is 0 Å². The van der Waals surface area contributed by atoms with Crippen molar-refractivity contribution in [1.29, 1.82) is 0 Å². The number of aliphatic carboxylic acids is 1. The van der Waals surface area contributed by atoms with Gasteiger partial charge < -0.3 is 9.90 Å². The van der Waals surface area contributed by atoms with Gasteiger partial charge in [0.15, 0.2) is 0 Å². The van der Waals surface area contributed by atoms with E-state index < -0.39 is 5.97 Å². The number of carbonyl (C=O) groups is 1. The predicted molar refractivity (Wildman–Crippen MR) is 87.2 cm³/mol. The van der Waals surface area contributed by atoms with Crippen LogP contribution in [0, 0.1) is 0 Å². The first-order valence-electron chi connectivity index (χ1n) is 8.19. The van der Waals surface area contributed by atoms with Crippen LogP contribution in [0.3, 0.4) is 0 Å². The molecular formula is C18H29O4-. The first-order valence-corrected chi connectivity index (χ1v) is 8.19. The number of hydrogen-bond donors (Lipinski definition) is 1. The predicted octanol–water partition coefficient (Wildman–Crippen LogP) is 3.79. The van der Waals surface area contributed by atoms with E-state index in [0.29, 0.717) is 6.42 Å². The molecule has 0 aliphatic rings. The van der Waals surface area contributed by atoms with Crippen LogP contribution in [0.1, 0.15) is 64.7 Å². The highest BCUT2D eigenvalue weighted by atomic mass is 17.1. The van der Waals surface area contributed by atoms with Gasteiger partial charge in [0.05, 0.1) is 0 Å². The normalized spacial score (nSPS) is 13.5. The maximum atomic E-state index is 10.2. The molecule has 0 spiro atoms. The van der Waals surface area contributed by atoms with Crippen molar-refractivity contribution < 1.29 is 20.0 Å². The molecule has 0 aliphatic carbocycles. The Morgan fingerprint density at radius 1 is 1.09 bits per heavy atom. The first kappa shape index (κ1) is 20.6. The highest BCUT2D eigenvalue weighted by Gasteiger charge is 2.03. The second-order valence-corrected chi connectivity index (χ2v) is 5.25. The monoisotopic (exact) mass is 309 g/mol. The maximum Gasteiger partial charge on any atom is 0.111 e. The van der Waals surface area contributed by atoms with E-state index in [1.54, 1.807) is 0 Å². The van der Waals surface area contributed by atoms with Gasteiger partial charge in [0, 0.05) is 5.97 Å². The Balaban J connectivity index is 3.65. The lowest BCUT2D eigenvalue weighted by atomic mass is 10.1. The van der Waals surface area contributed by atoms with E-state index in [1.165, 1.54) is 0 Å². The quantitative estimate of drug-likeness (QED) is 0.174. The van der Waals surface area contributed by atoms with Crippen molar-refractivity contribution in [3.05, 3.63) is 36.5 Å². The molecule has 22 heavy (non-hydrogen) atoms. The molecule has 0 unspecified atom stereocenters. The van der Waals surface area contributed by atoms with Crippen molar-refractivity contribution in [3.63, 3.8) is 0 Å². The average Bonchev–Trinajstić information content (AvgIpc) is 2.50. The SMILES string of the molecule is CC/C=C\C/C=C\C=C\[C@@H](CCCCCCCC(=O)[O-])OO. The number of rotatable bonds is 14. The molecule has 0 amide bonds. The van der Waals surface area contributed by atoms with Gasteiger partial charge >= 0.3 is 0 Å². The second kappa shape index (κ2) is 16.0. The zero-order valence-corrected chi connectivity index (χ0v) is 13.6. The van der Waals surface area contributed by atoms with Gasteiger partial charge in [0.1, 0.15) is 6.10 Å². The van der Waals surface area contributed by atoms with Gasteiger partial charge in [-0.25, -0.2) is 4.89 Å². The molecule has 126 valence electrons. The number of unbranched alkanes of at least 4 members (excludes halogenated alkanes) is 4. The highest BCUT2D eigenvalue weighted by Crippen LogP contribution is 2.11. The topological polar surface area (TPSA) is 69.6 Å². The van der Waals surface area contributed by atoms with Crippen molar-refractivity contribution in [3.8, 4) is 0 Å². The Morgan fingerprint density at radius 2 is 1.82 bits per heavy atom. The van der Waals surface area contributed by atoms with Crippen LogP contribution in [-0.4, -0.2) is 17.3 Å². The fourth-order valence-corrected chi connectivity index (χ4v) is 2.02. The molecule has 0 aliphatic heterocycles. The summed E-state index contributed by atoms with van der Waals surface area (Å²) in [4.78, 5) is 14.7. The third-order valence-electron chi connectivity index (χ3n) is 3.25. The zero-order chi connectivity index (χ0) is 16.5. The molecule has 0 rings (SSSR count). The molecule has 0 saturated heterocycles. The Kier molecular flexibility index (Phi) is 15.0. The van der Waals surface area contributed by atoms with Crippen molar-refractivity contribution in [1.82, 2.24) is 0 Å². The summed E-state index contributed by atoms with van der Waals surface area (Å²) < 4.78 is 0. The lowest BCUT2D eigenvalue weighted by Crippen LogP contribution is -2.21. The van der Waals surface area contributed by atoms with Crippen LogP contribution in [0.25, 0.3) is 0 Å². The van der Waals surface area contributed by atoms with E-state index in [0.717, 1.165) is 44.9 Å². The number of carboxylic acids is 1. The summed E-state index contributed by atoms with van der Waals surface area (Å²) in [5.74, 6) is -0.975. The minimum Gasteiger partial charge on any atom is -0.550 e. The van der Waals surface area contributed by atoms with E-state index in [1.807, 2.05) is 18.2 Å². The Hall–Kier alpha value is -1.39. The van der Waals surface area contributed by atoms with Crippen LogP contribution in [0.15, 0.2) is 36.5 Å². The number of carbonyl (C=O) groups excluding carboxylic acids is 1.